The number of hydrogen-bond donors (Lipinski definition) is 2. The Kier molecular flexibility index (Phi) is 3.83. The molecule has 1 fully saturated rings. The van der Waals surface area contributed by atoms with Crippen LogP contribution in [0.1, 0.15) is 24.6 Å². The summed E-state index contributed by atoms with van der Waals surface area (Å²) in [5.74, 6) is 0.711. The smallest absolute Gasteiger partial charge is 0.315 e. The van der Waals surface area contributed by atoms with Gasteiger partial charge in [-0.05, 0) is 43.6 Å². The monoisotopic (exact) mass is 238 g/mol. The van der Waals surface area contributed by atoms with Gasteiger partial charge in [-0.15, -0.1) is 11.3 Å². The van der Waals surface area contributed by atoms with Crippen molar-refractivity contribution < 1.29 is 4.79 Å². The lowest BCUT2D eigenvalue weighted by molar-refractivity contribution is 0.236. The minimum Gasteiger partial charge on any atom is -0.338 e. The SMILES string of the molecule is CC(NC(=O)NCCc1cccs1)C1CC1. The molecule has 0 spiro atoms. The lowest BCUT2D eigenvalue weighted by Gasteiger charge is -2.13. The summed E-state index contributed by atoms with van der Waals surface area (Å²) in [6.45, 7) is 2.79. The van der Waals surface area contributed by atoms with Crippen LogP contribution in [-0.2, 0) is 6.42 Å². The van der Waals surface area contributed by atoms with Crippen LogP contribution in [0.3, 0.4) is 0 Å². The first-order valence-corrected chi connectivity index (χ1v) is 6.70. The zero-order valence-electron chi connectivity index (χ0n) is 9.53. The fourth-order valence-corrected chi connectivity index (χ4v) is 2.43. The van der Waals surface area contributed by atoms with E-state index in [0.29, 0.717) is 18.5 Å². The van der Waals surface area contributed by atoms with Gasteiger partial charge in [-0.1, -0.05) is 6.07 Å². The van der Waals surface area contributed by atoms with Crippen LogP contribution in [0, 0.1) is 5.92 Å². The average molecular weight is 238 g/mol. The third kappa shape index (κ3) is 3.52. The number of amides is 2. The maximum atomic E-state index is 11.5. The van der Waals surface area contributed by atoms with Crippen molar-refractivity contribution >= 4 is 17.4 Å². The summed E-state index contributed by atoms with van der Waals surface area (Å²) in [4.78, 5) is 12.8. The number of thiophene rings is 1. The van der Waals surface area contributed by atoms with Crippen molar-refractivity contribution in [3.8, 4) is 0 Å². The van der Waals surface area contributed by atoms with Crippen molar-refractivity contribution in [2.75, 3.05) is 6.54 Å². The zero-order chi connectivity index (χ0) is 11.4. The van der Waals surface area contributed by atoms with Crippen molar-refractivity contribution in [3.63, 3.8) is 0 Å². The van der Waals surface area contributed by atoms with E-state index in [-0.39, 0.29) is 6.03 Å². The zero-order valence-corrected chi connectivity index (χ0v) is 10.3. The number of nitrogens with one attached hydrogen (secondary N) is 2. The predicted molar refractivity (Wildman–Crippen MR) is 66.7 cm³/mol. The van der Waals surface area contributed by atoms with Gasteiger partial charge in [0.05, 0.1) is 0 Å². The Hall–Kier alpha value is -1.03. The van der Waals surface area contributed by atoms with Crippen molar-refractivity contribution in [1.29, 1.82) is 0 Å². The van der Waals surface area contributed by atoms with Crippen molar-refractivity contribution in [3.05, 3.63) is 22.4 Å². The molecule has 0 radical (unpaired) electrons. The second kappa shape index (κ2) is 5.34. The highest BCUT2D eigenvalue weighted by Crippen LogP contribution is 2.32. The summed E-state index contributed by atoms with van der Waals surface area (Å²) in [5, 5.41) is 7.93. The molecule has 1 aliphatic rings. The molecule has 1 heterocycles. The van der Waals surface area contributed by atoms with Crippen LogP contribution in [0.5, 0.6) is 0 Å². The molecule has 16 heavy (non-hydrogen) atoms. The van der Waals surface area contributed by atoms with Gasteiger partial charge in [0, 0.05) is 17.5 Å². The van der Waals surface area contributed by atoms with Crippen molar-refractivity contribution in [1.82, 2.24) is 10.6 Å². The molecule has 1 aromatic rings. The second-order valence-corrected chi connectivity index (χ2v) is 5.39. The lowest BCUT2D eigenvalue weighted by Crippen LogP contribution is -2.42. The van der Waals surface area contributed by atoms with Gasteiger partial charge in [-0.3, -0.25) is 0 Å². The highest BCUT2D eigenvalue weighted by atomic mass is 32.1. The van der Waals surface area contributed by atoms with Gasteiger partial charge < -0.3 is 10.6 Å². The third-order valence-electron chi connectivity index (χ3n) is 2.92. The Bertz CT molecular complexity index is 333. The van der Waals surface area contributed by atoms with E-state index in [1.165, 1.54) is 17.7 Å². The third-order valence-corrected chi connectivity index (χ3v) is 3.86. The van der Waals surface area contributed by atoms with Gasteiger partial charge in [0.1, 0.15) is 0 Å². The van der Waals surface area contributed by atoms with E-state index in [0.717, 1.165) is 6.42 Å². The Morgan fingerprint density at radius 2 is 2.44 bits per heavy atom. The number of hydrogen-bond acceptors (Lipinski definition) is 2. The van der Waals surface area contributed by atoms with Crippen LogP contribution < -0.4 is 10.6 Å². The molecule has 1 atom stereocenters. The van der Waals surface area contributed by atoms with Gasteiger partial charge in [-0.25, -0.2) is 4.79 Å². The van der Waals surface area contributed by atoms with Gasteiger partial charge in [0.15, 0.2) is 0 Å². The molecule has 2 amide bonds. The number of urea groups is 1. The summed E-state index contributed by atoms with van der Waals surface area (Å²) in [7, 11) is 0. The summed E-state index contributed by atoms with van der Waals surface area (Å²) < 4.78 is 0. The summed E-state index contributed by atoms with van der Waals surface area (Å²) >= 11 is 1.73. The molecule has 1 saturated carbocycles. The van der Waals surface area contributed by atoms with E-state index >= 15 is 0 Å². The Balaban J connectivity index is 1.60. The first-order chi connectivity index (χ1) is 7.75. The minimum absolute atomic E-state index is 0.0315. The molecule has 4 heteroatoms. The minimum atomic E-state index is -0.0315. The molecule has 2 N–H and O–H groups in total. The van der Waals surface area contributed by atoms with Crippen LogP contribution in [0.15, 0.2) is 17.5 Å². The van der Waals surface area contributed by atoms with E-state index in [9.17, 15) is 4.79 Å². The normalized spacial score (nSPS) is 16.8. The highest BCUT2D eigenvalue weighted by Gasteiger charge is 2.28. The van der Waals surface area contributed by atoms with Crippen molar-refractivity contribution in [2.45, 2.75) is 32.2 Å². The largest absolute Gasteiger partial charge is 0.338 e. The van der Waals surface area contributed by atoms with Crippen molar-refractivity contribution in [2.24, 2.45) is 5.92 Å². The molecule has 1 aromatic heterocycles. The number of rotatable bonds is 5. The topological polar surface area (TPSA) is 41.1 Å². The van der Waals surface area contributed by atoms with Crippen LogP contribution >= 0.6 is 11.3 Å². The number of carbonyl (C=O) groups is 1. The standard InChI is InChI=1S/C12H18N2OS/c1-9(10-4-5-10)14-12(15)13-7-6-11-3-2-8-16-11/h2-3,8-10H,4-7H2,1H3,(H2,13,14,15). The van der Waals surface area contributed by atoms with Gasteiger partial charge in [-0.2, -0.15) is 0 Å². The molecule has 0 aliphatic heterocycles. The van der Waals surface area contributed by atoms with Gasteiger partial charge in [0.25, 0.3) is 0 Å². The molecular formula is C12H18N2OS. The molecule has 1 unspecified atom stereocenters. The summed E-state index contributed by atoms with van der Waals surface area (Å²) in [5.41, 5.74) is 0. The van der Waals surface area contributed by atoms with Crippen LogP contribution in [0.25, 0.3) is 0 Å². The maximum Gasteiger partial charge on any atom is 0.315 e. The van der Waals surface area contributed by atoms with Crippen LogP contribution in [0.4, 0.5) is 4.79 Å². The Morgan fingerprint density at radius 1 is 1.62 bits per heavy atom. The molecular weight excluding hydrogens is 220 g/mol. The predicted octanol–water partition coefficient (Wildman–Crippen LogP) is 2.39. The Morgan fingerprint density at radius 3 is 3.06 bits per heavy atom. The molecule has 0 bridgehead atoms. The summed E-state index contributed by atoms with van der Waals surface area (Å²) in [6.07, 6.45) is 3.44. The fraction of sp³-hybridized carbons (Fsp3) is 0.583. The van der Waals surface area contributed by atoms with E-state index in [4.69, 9.17) is 0 Å². The molecule has 88 valence electrons. The maximum absolute atomic E-state index is 11.5. The van der Waals surface area contributed by atoms with E-state index in [1.54, 1.807) is 11.3 Å². The molecule has 0 saturated heterocycles. The molecule has 0 aromatic carbocycles. The van der Waals surface area contributed by atoms with E-state index in [2.05, 4.69) is 29.0 Å². The Labute approximate surface area is 100 Å². The average Bonchev–Trinajstić information content (AvgIpc) is 2.98. The highest BCUT2D eigenvalue weighted by molar-refractivity contribution is 7.09. The van der Waals surface area contributed by atoms with Gasteiger partial charge >= 0.3 is 6.03 Å². The fourth-order valence-electron chi connectivity index (χ4n) is 1.73. The molecule has 1 aliphatic carbocycles. The quantitative estimate of drug-likeness (QED) is 0.812. The lowest BCUT2D eigenvalue weighted by atomic mass is 10.2. The number of carbonyl (C=O) groups excluding carboxylic acids is 1. The first kappa shape index (κ1) is 11.5. The molecule has 3 nitrogen and oxygen atoms in total. The second-order valence-electron chi connectivity index (χ2n) is 4.36. The van der Waals surface area contributed by atoms with Crippen LogP contribution in [-0.4, -0.2) is 18.6 Å². The van der Waals surface area contributed by atoms with Gasteiger partial charge in [0.2, 0.25) is 0 Å². The van der Waals surface area contributed by atoms with E-state index < -0.39 is 0 Å². The molecule has 2 rings (SSSR count). The van der Waals surface area contributed by atoms with E-state index in [1.807, 2.05) is 6.07 Å². The summed E-state index contributed by atoms with van der Waals surface area (Å²) in [6, 6.07) is 4.42. The first-order valence-electron chi connectivity index (χ1n) is 5.82. The van der Waals surface area contributed by atoms with Crippen LogP contribution in [0.2, 0.25) is 0 Å².